The molecule has 1 atom stereocenters. The molecule has 2 saturated heterocycles. The average molecular weight is 937 g/mol. The molecule has 344 valence electrons. The summed E-state index contributed by atoms with van der Waals surface area (Å²) in [6.45, 7) is 7.94. The first-order valence-electron chi connectivity index (χ1n) is 22.4. The number of nitro groups is 1. The lowest BCUT2D eigenvalue weighted by atomic mass is 9.99. The molecule has 2 aliphatic rings. The quantitative estimate of drug-likeness (QED) is 0.0477. The van der Waals surface area contributed by atoms with Crippen molar-refractivity contribution in [1.29, 1.82) is 0 Å². The minimum absolute atomic E-state index is 0.0874. The van der Waals surface area contributed by atoms with Gasteiger partial charge in [-0.1, -0.05) is 72.8 Å². The van der Waals surface area contributed by atoms with Crippen molar-refractivity contribution < 1.29 is 22.8 Å². The molecule has 2 fully saturated rings. The number of fused-ring (bicyclic) bond motifs is 1. The Morgan fingerprint density at radius 2 is 1.48 bits per heavy atom. The number of nitro benzene ring substituents is 1. The van der Waals surface area contributed by atoms with Crippen molar-refractivity contribution in [2.75, 3.05) is 79.7 Å². The van der Waals surface area contributed by atoms with Crippen LogP contribution >= 0.6 is 11.8 Å². The topological polar surface area (TPSA) is 155 Å². The molecule has 0 spiro atoms. The number of morpholine rings is 1. The molecule has 0 radical (unpaired) electrons. The standard InChI is InChI=1S/C51H52N8O6S2/c60-59(61)50-34-45(20-22-48(50)54-40(23-24-56-29-31-64-32-30-56)36-66-44-12-5-2-6-13-44)67(62,63)55-51-47-21-17-41(33-49(47)52-37-53-51)58-27-25-57(26-28-58)35-39-9-7-8-14-46(39)38-15-18-43(19-16-38)65-42-10-3-1-4-11-42/h1-22,33-34,37,40,54H,23-32,35-36H2,(H,52,53,55)/t40-/m1/s1. The molecule has 1 aromatic heterocycles. The van der Waals surface area contributed by atoms with Crippen LogP contribution in [0.15, 0.2) is 162 Å². The van der Waals surface area contributed by atoms with Gasteiger partial charge >= 0.3 is 0 Å². The van der Waals surface area contributed by atoms with Crippen LogP contribution in [0.2, 0.25) is 0 Å². The van der Waals surface area contributed by atoms with Gasteiger partial charge in [-0.05, 0) is 89.8 Å². The van der Waals surface area contributed by atoms with Gasteiger partial charge in [0.2, 0.25) is 0 Å². The van der Waals surface area contributed by atoms with Crippen molar-refractivity contribution in [3.8, 4) is 22.6 Å². The largest absolute Gasteiger partial charge is 0.457 e. The number of aromatic nitrogens is 2. The smallest absolute Gasteiger partial charge is 0.293 e. The number of thioether (sulfide) groups is 1. The van der Waals surface area contributed by atoms with Crippen molar-refractivity contribution in [3.05, 3.63) is 168 Å². The Balaban J connectivity index is 0.840. The summed E-state index contributed by atoms with van der Waals surface area (Å²) in [5.74, 6) is 2.34. The molecule has 6 aromatic carbocycles. The van der Waals surface area contributed by atoms with Crippen molar-refractivity contribution in [3.63, 3.8) is 0 Å². The summed E-state index contributed by atoms with van der Waals surface area (Å²) in [6.07, 6.45) is 2.05. The molecular formula is C51H52N8O6S2. The first-order chi connectivity index (χ1) is 32.7. The molecule has 0 amide bonds. The molecule has 9 rings (SSSR count). The normalized spacial score (nSPS) is 15.3. The Labute approximate surface area is 395 Å². The molecule has 0 aliphatic carbocycles. The van der Waals surface area contributed by atoms with Gasteiger partial charge in [-0.15, -0.1) is 11.8 Å². The van der Waals surface area contributed by atoms with Crippen LogP contribution in [0.1, 0.15) is 12.0 Å². The first kappa shape index (κ1) is 45.6. The van der Waals surface area contributed by atoms with Crippen LogP contribution in [-0.2, 0) is 21.3 Å². The molecule has 0 saturated carbocycles. The van der Waals surface area contributed by atoms with Crippen LogP contribution < -0.4 is 19.7 Å². The van der Waals surface area contributed by atoms with Gasteiger partial charge in [-0.2, -0.15) is 0 Å². The van der Waals surface area contributed by atoms with Crippen molar-refractivity contribution >= 4 is 55.6 Å². The summed E-state index contributed by atoms with van der Waals surface area (Å²) in [7, 11) is -4.29. The number of hydrogen-bond donors (Lipinski definition) is 2. The van der Waals surface area contributed by atoms with Crippen LogP contribution in [0, 0.1) is 10.1 Å². The minimum atomic E-state index is -4.29. The molecule has 7 aromatic rings. The zero-order valence-corrected chi connectivity index (χ0v) is 38.6. The van der Waals surface area contributed by atoms with Gasteiger partial charge in [0.15, 0.2) is 5.82 Å². The van der Waals surface area contributed by atoms with Gasteiger partial charge in [-0.25, -0.2) is 18.4 Å². The molecule has 0 bridgehead atoms. The van der Waals surface area contributed by atoms with Crippen LogP contribution in [0.5, 0.6) is 11.5 Å². The molecular weight excluding hydrogens is 885 g/mol. The summed E-state index contributed by atoms with van der Waals surface area (Å²) >= 11 is 1.67. The summed E-state index contributed by atoms with van der Waals surface area (Å²) in [4.78, 5) is 28.7. The fraction of sp³-hybridized carbons (Fsp3) is 0.255. The summed E-state index contributed by atoms with van der Waals surface area (Å²) in [6, 6.07) is 46.1. The van der Waals surface area contributed by atoms with Crippen LogP contribution in [-0.4, -0.2) is 104 Å². The minimum Gasteiger partial charge on any atom is -0.457 e. The second-order valence-corrected chi connectivity index (χ2v) is 19.3. The highest BCUT2D eigenvalue weighted by Crippen LogP contribution is 2.33. The third-order valence-electron chi connectivity index (χ3n) is 12.1. The van der Waals surface area contributed by atoms with Gasteiger partial charge in [0.25, 0.3) is 15.7 Å². The fourth-order valence-corrected chi connectivity index (χ4v) is 10.5. The van der Waals surface area contributed by atoms with E-state index in [1.165, 1.54) is 29.6 Å². The van der Waals surface area contributed by atoms with Crippen LogP contribution in [0.25, 0.3) is 22.0 Å². The highest BCUT2D eigenvalue weighted by Gasteiger charge is 2.26. The van der Waals surface area contributed by atoms with E-state index in [1.54, 1.807) is 11.8 Å². The highest BCUT2D eigenvalue weighted by atomic mass is 32.2. The molecule has 67 heavy (non-hydrogen) atoms. The van der Waals surface area contributed by atoms with E-state index in [2.05, 4.69) is 71.1 Å². The van der Waals surface area contributed by atoms with Crippen LogP contribution in [0.3, 0.4) is 0 Å². The van der Waals surface area contributed by atoms with E-state index in [0.29, 0.717) is 29.9 Å². The van der Waals surface area contributed by atoms with Crippen LogP contribution in [0.4, 0.5) is 22.9 Å². The Morgan fingerprint density at radius 1 is 0.761 bits per heavy atom. The monoisotopic (exact) mass is 936 g/mol. The van der Waals surface area contributed by atoms with E-state index in [1.807, 2.05) is 91.0 Å². The van der Waals surface area contributed by atoms with E-state index >= 15 is 0 Å². The number of para-hydroxylation sites is 1. The maximum Gasteiger partial charge on any atom is 0.293 e. The number of nitrogens with zero attached hydrogens (tertiary/aromatic N) is 6. The lowest BCUT2D eigenvalue weighted by molar-refractivity contribution is -0.384. The summed E-state index contributed by atoms with van der Waals surface area (Å²) in [5, 5.41) is 16.4. The van der Waals surface area contributed by atoms with Gasteiger partial charge in [0.1, 0.15) is 23.5 Å². The highest BCUT2D eigenvalue weighted by molar-refractivity contribution is 7.99. The van der Waals surface area contributed by atoms with Crippen molar-refractivity contribution in [2.24, 2.45) is 0 Å². The SMILES string of the molecule is O=[N+]([O-])c1cc(S(=O)(=O)Nc2ncnc3cc(N4CCN(Cc5ccccc5-c5ccc(Oc6ccccc6)cc5)CC4)ccc23)ccc1N[C@H](CCN1CCOCC1)CSc1ccccc1. The van der Waals surface area contributed by atoms with Gasteiger partial charge in [0, 0.05) is 86.2 Å². The molecule has 2 N–H and O–H groups in total. The second-order valence-electron chi connectivity index (χ2n) is 16.5. The lowest BCUT2D eigenvalue weighted by Crippen LogP contribution is -2.46. The Hall–Kier alpha value is -6.56. The zero-order chi connectivity index (χ0) is 46.0. The predicted octanol–water partition coefficient (Wildman–Crippen LogP) is 9.42. The van der Waals surface area contributed by atoms with E-state index in [-0.39, 0.29) is 28.1 Å². The fourth-order valence-electron chi connectivity index (χ4n) is 8.43. The number of ether oxygens (including phenoxy) is 2. The van der Waals surface area contributed by atoms with E-state index in [9.17, 15) is 18.5 Å². The number of piperazine rings is 1. The second kappa shape index (κ2) is 21.4. The number of nitrogens with one attached hydrogen (secondary N) is 2. The number of hydrogen-bond acceptors (Lipinski definition) is 13. The molecule has 16 heteroatoms. The Bertz CT molecular complexity index is 2880. The predicted molar refractivity (Wildman–Crippen MR) is 266 cm³/mol. The average Bonchev–Trinajstić information content (AvgIpc) is 3.36. The van der Waals surface area contributed by atoms with Gasteiger partial charge in [-0.3, -0.25) is 24.6 Å². The Kier molecular flexibility index (Phi) is 14.5. The number of rotatable bonds is 18. The third kappa shape index (κ3) is 11.7. The zero-order valence-electron chi connectivity index (χ0n) is 36.9. The number of anilines is 3. The third-order valence-corrected chi connectivity index (χ3v) is 14.6. The number of sulfonamides is 1. The van der Waals surface area contributed by atoms with Crippen molar-refractivity contribution in [2.45, 2.75) is 28.8 Å². The van der Waals surface area contributed by atoms with Gasteiger partial charge in [0.05, 0.1) is 28.5 Å². The summed E-state index contributed by atoms with van der Waals surface area (Å²) < 4.78 is 41.9. The summed E-state index contributed by atoms with van der Waals surface area (Å²) in [5.41, 5.74) is 5.06. The van der Waals surface area contributed by atoms with Gasteiger partial charge < -0.3 is 19.7 Å². The van der Waals surface area contributed by atoms with E-state index < -0.39 is 14.9 Å². The molecule has 0 unspecified atom stereocenters. The molecule has 14 nitrogen and oxygen atoms in total. The maximum absolute atomic E-state index is 13.9. The first-order valence-corrected chi connectivity index (χ1v) is 24.9. The molecule has 2 aliphatic heterocycles. The number of benzene rings is 6. The van der Waals surface area contributed by atoms with E-state index in [0.717, 1.165) is 92.5 Å². The van der Waals surface area contributed by atoms with E-state index in [4.69, 9.17) is 9.47 Å². The maximum atomic E-state index is 13.9. The van der Waals surface area contributed by atoms with Crippen molar-refractivity contribution in [1.82, 2.24) is 19.8 Å². The molecule has 3 heterocycles. The lowest BCUT2D eigenvalue weighted by Gasteiger charge is -2.36. The Morgan fingerprint density at radius 3 is 2.24 bits per heavy atom.